The van der Waals surface area contributed by atoms with Gasteiger partial charge in [-0.1, -0.05) is 36.4 Å². The molecule has 0 radical (unpaired) electrons. The Bertz CT molecular complexity index is 1720. The van der Waals surface area contributed by atoms with Crippen molar-refractivity contribution < 1.29 is 22.3 Å². The average Bonchev–Trinajstić information content (AvgIpc) is 3.59. The van der Waals surface area contributed by atoms with Crippen molar-refractivity contribution in [2.24, 2.45) is 0 Å². The second kappa shape index (κ2) is 12.5. The van der Waals surface area contributed by atoms with Gasteiger partial charge in [-0.05, 0) is 81.8 Å². The molecule has 3 aromatic carbocycles. The fraction of sp³-hybridized carbons (Fsp3) is 0.441. The molecule has 7 nitrogen and oxygen atoms in total. The summed E-state index contributed by atoms with van der Waals surface area (Å²) in [5, 5.41) is 0. The number of para-hydroxylation sites is 2. The number of fused-ring (bicyclic) bond motifs is 1. The van der Waals surface area contributed by atoms with Crippen LogP contribution >= 0.6 is 0 Å². The number of ether oxygens (including phenoxy) is 1. The first-order chi connectivity index (χ1) is 21.6. The van der Waals surface area contributed by atoms with Crippen molar-refractivity contribution in [2.75, 3.05) is 52.3 Å². The maximum atomic E-state index is 15.5. The van der Waals surface area contributed by atoms with Crippen LogP contribution in [-0.4, -0.2) is 72.4 Å². The van der Waals surface area contributed by atoms with Gasteiger partial charge < -0.3 is 14.5 Å². The van der Waals surface area contributed by atoms with Gasteiger partial charge in [-0.2, -0.15) is 13.2 Å². The molecule has 45 heavy (non-hydrogen) atoms. The third kappa shape index (κ3) is 6.07. The number of rotatable bonds is 8. The Hall–Kier alpha value is -3.83. The molecule has 0 saturated carbocycles. The topological polar surface area (TPSA) is 45.9 Å². The third-order valence-corrected chi connectivity index (χ3v) is 9.41. The van der Waals surface area contributed by atoms with Gasteiger partial charge in [0.2, 0.25) is 0 Å². The highest BCUT2D eigenvalue weighted by Crippen LogP contribution is 2.36. The molecule has 1 unspecified atom stereocenters. The Kier molecular flexibility index (Phi) is 8.67. The maximum Gasteiger partial charge on any atom is 0.416 e. The van der Waals surface area contributed by atoms with Gasteiger partial charge in [-0.3, -0.25) is 14.0 Å². The number of anilines is 1. The second-order valence-electron chi connectivity index (χ2n) is 12.3. The molecule has 6 rings (SSSR count). The largest absolute Gasteiger partial charge is 0.494 e. The Labute approximate surface area is 260 Å². The highest BCUT2D eigenvalue weighted by molar-refractivity contribution is 5.83. The summed E-state index contributed by atoms with van der Waals surface area (Å²) in [5.74, 6) is 0.105. The van der Waals surface area contributed by atoms with Gasteiger partial charge in [0.25, 0.3) is 0 Å². The first-order valence-electron chi connectivity index (χ1n) is 15.4. The molecule has 240 valence electrons. The summed E-state index contributed by atoms with van der Waals surface area (Å²) in [7, 11) is 5.69. The molecule has 0 amide bonds. The molecule has 2 fully saturated rings. The number of hydrogen-bond acceptors (Lipinski definition) is 5. The lowest BCUT2D eigenvalue weighted by atomic mass is 10.0. The molecule has 0 bridgehead atoms. The highest BCUT2D eigenvalue weighted by atomic mass is 19.4. The summed E-state index contributed by atoms with van der Waals surface area (Å²) < 4.78 is 65.7. The fourth-order valence-electron chi connectivity index (χ4n) is 7.11. The molecule has 0 N–H and O–H groups in total. The zero-order valence-electron chi connectivity index (χ0n) is 25.9. The minimum atomic E-state index is -4.56. The predicted molar refractivity (Wildman–Crippen MR) is 168 cm³/mol. The van der Waals surface area contributed by atoms with Crippen molar-refractivity contribution in [2.45, 2.75) is 50.6 Å². The Morgan fingerprint density at radius 1 is 0.889 bits per heavy atom. The van der Waals surface area contributed by atoms with E-state index < -0.39 is 17.4 Å². The lowest BCUT2D eigenvalue weighted by Gasteiger charge is -2.36. The number of benzene rings is 3. The number of hydrogen-bond donors (Lipinski definition) is 0. The van der Waals surface area contributed by atoms with E-state index in [9.17, 15) is 18.0 Å². The molecule has 3 heterocycles. The minimum Gasteiger partial charge on any atom is -0.494 e. The van der Waals surface area contributed by atoms with Crippen LogP contribution in [0.3, 0.4) is 0 Å². The Balaban J connectivity index is 1.32. The SMILES string of the molecule is COc1cccc2c1n(Cc1ccccc1C(F)(F)F)c(=O)n2C1CCN(c2c(F)cccc2CN2CCC(N(C)C)CC2)C1. The fourth-order valence-corrected chi connectivity index (χ4v) is 7.11. The zero-order chi connectivity index (χ0) is 31.9. The van der Waals surface area contributed by atoms with Gasteiger partial charge in [0.05, 0.1) is 36.5 Å². The van der Waals surface area contributed by atoms with Crippen molar-refractivity contribution in [1.82, 2.24) is 18.9 Å². The van der Waals surface area contributed by atoms with Crippen molar-refractivity contribution in [3.8, 4) is 5.75 Å². The first kappa shape index (κ1) is 31.2. The maximum absolute atomic E-state index is 15.5. The van der Waals surface area contributed by atoms with E-state index in [1.807, 2.05) is 11.0 Å². The number of imidazole rings is 1. The molecular weight excluding hydrogens is 586 g/mol. The van der Waals surface area contributed by atoms with E-state index in [0.717, 1.165) is 37.6 Å². The zero-order valence-corrected chi connectivity index (χ0v) is 25.9. The van der Waals surface area contributed by atoms with Crippen molar-refractivity contribution in [3.63, 3.8) is 0 Å². The number of piperidine rings is 1. The number of alkyl halides is 3. The number of methoxy groups -OCH3 is 1. The van der Waals surface area contributed by atoms with Crippen LogP contribution in [0.1, 0.15) is 42.0 Å². The number of nitrogens with zero attached hydrogens (tertiary/aromatic N) is 5. The smallest absolute Gasteiger partial charge is 0.416 e. The average molecular weight is 626 g/mol. The van der Waals surface area contributed by atoms with Crippen molar-refractivity contribution >= 4 is 16.7 Å². The molecule has 1 atom stereocenters. The quantitative estimate of drug-likeness (QED) is 0.225. The van der Waals surface area contributed by atoms with E-state index in [4.69, 9.17) is 4.74 Å². The van der Waals surface area contributed by atoms with Crippen molar-refractivity contribution in [3.05, 3.63) is 93.7 Å². The molecule has 4 aromatic rings. The summed E-state index contributed by atoms with van der Waals surface area (Å²) in [4.78, 5) is 20.8. The molecule has 0 aliphatic carbocycles. The van der Waals surface area contributed by atoms with Gasteiger partial charge >= 0.3 is 11.9 Å². The standard InChI is InChI=1S/C34H39F4N5O2/c1-39(2)25-14-17-40(18-15-25)20-24-9-6-11-28(35)31(24)41-19-16-26(22-41)43-29-12-7-13-30(45-3)32(29)42(33(43)44)21-23-8-4-5-10-27(23)34(36,37)38/h4-13,25-26H,14-22H2,1-3H3. The predicted octanol–water partition coefficient (Wildman–Crippen LogP) is 6.00. The van der Waals surface area contributed by atoms with Crippen LogP contribution in [0.2, 0.25) is 0 Å². The van der Waals surface area contributed by atoms with Crippen LogP contribution in [0, 0.1) is 5.82 Å². The molecule has 2 saturated heterocycles. The monoisotopic (exact) mass is 625 g/mol. The van der Waals surface area contributed by atoms with E-state index in [-0.39, 0.29) is 24.0 Å². The molecular formula is C34H39F4N5O2. The summed E-state index contributed by atoms with van der Waals surface area (Å²) in [6.45, 7) is 3.19. The number of halogens is 4. The molecule has 2 aliphatic rings. The molecule has 1 aromatic heterocycles. The minimum absolute atomic E-state index is 0.00396. The van der Waals surface area contributed by atoms with Gasteiger partial charge in [0.15, 0.2) is 0 Å². The Morgan fingerprint density at radius 2 is 1.60 bits per heavy atom. The van der Waals surface area contributed by atoms with Crippen LogP contribution in [-0.2, 0) is 19.3 Å². The lowest BCUT2D eigenvalue weighted by molar-refractivity contribution is -0.138. The van der Waals surface area contributed by atoms with Crippen LogP contribution in [0.15, 0.2) is 65.5 Å². The van der Waals surface area contributed by atoms with E-state index >= 15 is 4.39 Å². The van der Waals surface area contributed by atoms with Crippen LogP contribution < -0.4 is 15.3 Å². The van der Waals surface area contributed by atoms with Crippen molar-refractivity contribution in [1.29, 1.82) is 0 Å². The lowest BCUT2D eigenvalue weighted by Crippen LogP contribution is -2.41. The van der Waals surface area contributed by atoms with E-state index in [0.29, 0.717) is 54.6 Å². The van der Waals surface area contributed by atoms with E-state index in [2.05, 4.69) is 23.9 Å². The summed E-state index contributed by atoms with van der Waals surface area (Å²) in [6.07, 6.45) is -1.85. The third-order valence-electron chi connectivity index (χ3n) is 9.41. The van der Waals surface area contributed by atoms with Gasteiger partial charge in [-0.25, -0.2) is 9.18 Å². The first-order valence-corrected chi connectivity index (χ1v) is 15.4. The molecule has 11 heteroatoms. The number of likely N-dealkylation sites (tertiary alicyclic amines) is 1. The van der Waals surface area contributed by atoms with Gasteiger partial charge in [0.1, 0.15) is 17.1 Å². The Morgan fingerprint density at radius 3 is 2.31 bits per heavy atom. The summed E-state index contributed by atoms with van der Waals surface area (Å²) in [6, 6.07) is 16.0. The van der Waals surface area contributed by atoms with Crippen LogP contribution in [0.4, 0.5) is 23.2 Å². The number of aromatic nitrogens is 2. The van der Waals surface area contributed by atoms with E-state index in [1.54, 1.807) is 28.8 Å². The second-order valence-corrected chi connectivity index (χ2v) is 12.3. The van der Waals surface area contributed by atoms with Gasteiger partial charge in [0, 0.05) is 25.7 Å². The normalized spacial score (nSPS) is 18.4. The highest BCUT2D eigenvalue weighted by Gasteiger charge is 2.35. The van der Waals surface area contributed by atoms with E-state index in [1.165, 1.54) is 35.9 Å². The summed E-state index contributed by atoms with van der Waals surface area (Å²) in [5.41, 5.74) is 1.29. The van der Waals surface area contributed by atoms with Crippen LogP contribution in [0.5, 0.6) is 5.75 Å². The van der Waals surface area contributed by atoms with Gasteiger partial charge in [-0.15, -0.1) is 0 Å². The van der Waals surface area contributed by atoms with Crippen LogP contribution in [0.25, 0.3) is 11.0 Å². The molecule has 2 aliphatic heterocycles. The molecule has 0 spiro atoms. The summed E-state index contributed by atoms with van der Waals surface area (Å²) >= 11 is 0.